The average molecular weight is 607 g/mol. The Kier molecular flexibility index (Phi) is 8.89. The first kappa shape index (κ1) is 29.3. The molecule has 5 rings (SSSR count). The number of carbonyl (C=O) groups is 1. The van der Waals surface area contributed by atoms with Crippen molar-refractivity contribution in [3.05, 3.63) is 125 Å². The lowest BCUT2D eigenvalue weighted by molar-refractivity contribution is -0.139. The van der Waals surface area contributed by atoms with Gasteiger partial charge in [0.1, 0.15) is 23.9 Å². The van der Waals surface area contributed by atoms with Crippen molar-refractivity contribution >= 4 is 35.0 Å². The number of allylic oxidation sites excluding steroid dienone is 1. The summed E-state index contributed by atoms with van der Waals surface area (Å²) in [5, 5.41) is 0.298. The quantitative estimate of drug-likeness (QED) is 0.233. The van der Waals surface area contributed by atoms with Crippen LogP contribution in [0.2, 0.25) is 5.02 Å². The Morgan fingerprint density at radius 1 is 1.02 bits per heavy atom. The highest BCUT2D eigenvalue weighted by molar-refractivity contribution is 7.07. The Morgan fingerprint density at radius 2 is 1.71 bits per heavy atom. The van der Waals surface area contributed by atoms with Gasteiger partial charge >= 0.3 is 5.97 Å². The van der Waals surface area contributed by atoms with E-state index >= 15 is 0 Å². The zero-order valence-corrected chi connectivity index (χ0v) is 24.8. The van der Waals surface area contributed by atoms with Crippen molar-refractivity contribution in [1.82, 2.24) is 4.57 Å². The lowest BCUT2D eigenvalue weighted by Gasteiger charge is -2.24. The summed E-state index contributed by atoms with van der Waals surface area (Å²) in [7, 11) is 0. The fraction of sp³-hybridized carbons (Fsp3) is 0.219. The van der Waals surface area contributed by atoms with E-state index in [4.69, 9.17) is 25.8 Å². The van der Waals surface area contributed by atoms with Crippen LogP contribution in [0.25, 0.3) is 6.08 Å². The molecule has 7 nitrogen and oxygen atoms in total. The number of aromatic nitrogens is 1. The summed E-state index contributed by atoms with van der Waals surface area (Å²) in [5.41, 5.74) is 2.31. The molecule has 0 bridgehead atoms. The summed E-state index contributed by atoms with van der Waals surface area (Å²) in [6.07, 6.45) is 1.76. The van der Waals surface area contributed by atoms with E-state index in [1.54, 1.807) is 60.9 Å². The van der Waals surface area contributed by atoms with Gasteiger partial charge in [-0.25, -0.2) is 14.2 Å². The molecule has 0 saturated carbocycles. The van der Waals surface area contributed by atoms with E-state index in [0.717, 1.165) is 11.1 Å². The van der Waals surface area contributed by atoms with Gasteiger partial charge in [0, 0.05) is 5.56 Å². The van der Waals surface area contributed by atoms with Crippen LogP contribution in [0.15, 0.2) is 87.8 Å². The number of halogens is 2. The third-order valence-electron chi connectivity index (χ3n) is 6.65. The number of nitrogens with zero attached hydrogens (tertiary/aromatic N) is 2. The average Bonchev–Trinajstić information content (AvgIpc) is 3.27. The molecule has 216 valence electrons. The van der Waals surface area contributed by atoms with Crippen LogP contribution in [0.1, 0.15) is 43.5 Å². The van der Waals surface area contributed by atoms with Gasteiger partial charge in [-0.05, 0) is 74.4 Å². The van der Waals surface area contributed by atoms with Gasteiger partial charge in [0.25, 0.3) is 5.56 Å². The van der Waals surface area contributed by atoms with Crippen molar-refractivity contribution in [3.63, 3.8) is 0 Å². The topological polar surface area (TPSA) is 79.1 Å². The van der Waals surface area contributed by atoms with Crippen molar-refractivity contribution in [2.24, 2.45) is 4.99 Å². The van der Waals surface area contributed by atoms with E-state index < -0.39 is 17.8 Å². The fourth-order valence-electron chi connectivity index (χ4n) is 4.66. The van der Waals surface area contributed by atoms with Crippen LogP contribution in [0, 0.1) is 5.82 Å². The molecule has 0 saturated heterocycles. The summed E-state index contributed by atoms with van der Waals surface area (Å²) < 4.78 is 32.7. The van der Waals surface area contributed by atoms with Crippen LogP contribution in [0.4, 0.5) is 4.39 Å². The minimum absolute atomic E-state index is 0.0167. The van der Waals surface area contributed by atoms with Gasteiger partial charge in [-0.1, -0.05) is 53.3 Å². The molecular weight excluding hydrogens is 579 g/mol. The number of ether oxygens (including phenoxy) is 3. The monoisotopic (exact) mass is 606 g/mol. The molecule has 1 aliphatic heterocycles. The number of hydrogen-bond donors (Lipinski definition) is 0. The number of fused-ring (bicyclic) bond motifs is 1. The third kappa shape index (κ3) is 6.03. The minimum atomic E-state index is -0.709. The molecule has 42 heavy (non-hydrogen) atoms. The molecule has 0 spiro atoms. The maximum atomic E-state index is 14.1. The van der Waals surface area contributed by atoms with E-state index in [0.29, 0.717) is 43.7 Å². The molecule has 0 amide bonds. The van der Waals surface area contributed by atoms with Gasteiger partial charge in [-0.2, -0.15) is 0 Å². The zero-order chi connectivity index (χ0) is 29.8. The summed E-state index contributed by atoms with van der Waals surface area (Å²) in [4.78, 5) is 32.0. The lowest BCUT2D eigenvalue weighted by Crippen LogP contribution is -2.39. The molecule has 0 unspecified atom stereocenters. The summed E-state index contributed by atoms with van der Waals surface area (Å²) in [6.45, 7) is 6.09. The predicted octanol–water partition coefficient (Wildman–Crippen LogP) is 5.57. The standard InChI is InChI=1S/C32H28ClFN2O5S/c1-4-39-22-15-11-21(12-16-22)29-28(31(38)40-5-2)19(3)35-32-36(29)30(37)27(42-32)17-20-9-13-23(14-10-20)41-18-24-25(33)7-6-8-26(24)34/h6-17,29H,4-5,18H2,1-3H3/b27-17+/t29-/m0/s1. The fourth-order valence-corrected chi connectivity index (χ4v) is 5.92. The highest BCUT2D eigenvalue weighted by Crippen LogP contribution is 2.31. The number of esters is 1. The van der Waals surface area contributed by atoms with E-state index in [9.17, 15) is 14.0 Å². The number of benzene rings is 3. The molecular formula is C32H28ClFN2O5S. The SMILES string of the molecule is CCOC(=O)C1=C(C)N=c2s/c(=C/c3ccc(OCc4c(F)cccc4Cl)cc3)c(=O)n2[C@H]1c1ccc(OCC)cc1. The second-order valence-corrected chi connectivity index (χ2v) is 10.8. The molecule has 0 fully saturated rings. The zero-order valence-electron chi connectivity index (χ0n) is 23.2. The lowest BCUT2D eigenvalue weighted by atomic mass is 9.96. The molecule has 2 heterocycles. The number of carbonyl (C=O) groups excluding carboxylic acids is 1. The molecule has 0 radical (unpaired) electrons. The largest absolute Gasteiger partial charge is 0.494 e. The van der Waals surface area contributed by atoms with E-state index in [2.05, 4.69) is 4.99 Å². The van der Waals surface area contributed by atoms with E-state index in [1.165, 1.54) is 17.4 Å². The van der Waals surface area contributed by atoms with Gasteiger partial charge in [0.15, 0.2) is 4.80 Å². The highest BCUT2D eigenvalue weighted by atomic mass is 35.5. The van der Waals surface area contributed by atoms with Crippen LogP contribution in [-0.4, -0.2) is 23.8 Å². The first-order valence-electron chi connectivity index (χ1n) is 13.4. The van der Waals surface area contributed by atoms with Crippen molar-refractivity contribution < 1.29 is 23.4 Å². The number of hydrogen-bond acceptors (Lipinski definition) is 7. The summed E-state index contributed by atoms with van der Waals surface area (Å²) >= 11 is 7.33. The normalized spacial score (nSPS) is 14.8. The summed E-state index contributed by atoms with van der Waals surface area (Å²) in [6, 6.07) is 18.2. The van der Waals surface area contributed by atoms with E-state index in [-0.39, 0.29) is 24.3 Å². The van der Waals surface area contributed by atoms with Crippen LogP contribution >= 0.6 is 22.9 Å². The molecule has 0 aliphatic carbocycles. The number of thiazole rings is 1. The predicted molar refractivity (Wildman–Crippen MR) is 160 cm³/mol. The molecule has 1 aliphatic rings. The van der Waals surface area contributed by atoms with Gasteiger partial charge in [0.2, 0.25) is 0 Å². The molecule has 1 atom stereocenters. The maximum absolute atomic E-state index is 14.1. The first-order chi connectivity index (χ1) is 20.3. The van der Waals surface area contributed by atoms with Crippen LogP contribution < -0.4 is 24.4 Å². The molecule has 3 aromatic carbocycles. The van der Waals surface area contributed by atoms with Gasteiger partial charge in [0.05, 0.1) is 40.1 Å². The van der Waals surface area contributed by atoms with Gasteiger partial charge in [-0.3, -0.25) is 9.36 Å². The van der Waals surface area contributed by atoms with Gasteiger partial charge < -0.3 is 14.2 Å². The molecule has 1 aromatic heterocycles. The highest BCUT2D eigenvalue weighted by Gasteiger charge is 2.33. The maximum Gasteiger partial charge on any atom is 0.338 e. The van der Waals surface area contributed by atoms with Crippen LogP contribution in [0.3, 0.4) is 0 Å². The second kappa shape index (κ2) is 12.8. The third-order valence-corrected chi connectivity index (χ3v) is 7.98. The number of rotatable bonds is 9. The molecule has 0 N–H and O–H groups in total. The minimum Gasteiger partial charge on any atom is -0.494 e. The van der Waals surface area contributed by atoms with Crippen molar-refractivity contribution in [1.29, 1.82) is 0 Å². The Bertz CT molecular complexity index is 1810. The van der Waals surface area contributed by atoms with E-state index in [1.807, 2.05) is 31.2 Å². The molecule has 10 heteroatoms. The van der Waals surface area contributed by atoms with Crippen LogP contribution in [-0.2, 0) is 16.1 Å². The van der Waals surface area contributed by atoms with Crippen molar-refractivity contribution in [2.75, 3.05) is 13.2 Å². The second-order valence-electron chi connectivity index (χ2n) is 9.36. The first-order valence-corrected chi connectivity index (χ1v) is 14.6. The van der Waals surface area contributed by atoms with Gasteiger partial charge in [-0.15, -0.1) is 0 Å². The molecule has 4 aromatic rings. The van der Waals surface area contributed by atoms with Crippen molar-refractivity contribution in [3.8, 4) is 11.5 Å². The Morgan fingerprint density at radius 3 is 2.38 bits per heavy atom. The Labute approximate surface area is 250 Å². The smallest absolute Gasteiger partial charge is 0.338 e. The summed E-state index contributed by atoms with van der Waals surface area (Å²) in [5.74, 6) is 0.271. The Hall–Kier alpha value is -4.21. The van der Waals surface area contributed by atoms with Crippen molar-refractivity contribution in [2.45, 2.75) is 33.4 Å². The van der Waals surface area contributed by atoms with Crippen LogP contribution in [0.5, 0.6) is 11.5 Å². The Balaban J connectivity index is 1.49.